The average molecular weight is 266 g/mol. The van der Waals surface area contributed by atoms with Crippen molar-refractivity contribution in [2.45, 2.75) is 25.5 Å². The number of hydrogen-bond acceptors (Lipinski definition) is 6. The lowest BCUT2D eigenvalue weighted by atomic mass is 10.3. The molecule has 2 atom stereocenters. The van der Waals surface area contributed by atoms with Crippen LogP contribution in [0.5, 0.6) is 0 Å². The molecule has 0 bridgehead atoms. The monoisotopic (exact) mass is 266 g/mol. The Bertz CT molecular complexity index is 331. The molecule has 0 aromatic rings. The van der Waals surface area contributed by atoms with Gasteiger partial charge in [-0.3, -0.25) is 10.2 Å². The maximum Gasteiger partial charge on any atom is 0.352 e. The van der Waals surface area contributed by atoms with Crippen molar-refractivity contribution in [3.8, 4) is 0 Å². The third-order valence-electron chi connectivity index (χ3n) is 2.10. The summed E-state index contributed by atoms with van der Waals surface area (Å²) in [5.41, 5.74) is 3.11. The number of aliphatic carboxylic acids is 1. The fourth-order valence-corrected chi connectivity index (χ4v) is 2.08. The number of amides is 1. The van der Waals surface area contributed by atoms with Crippen molar-refractivity contribution >= 4 is 25.0 Å². The molecule has 8 nitrogen and oxygen atoms in total. The van der Waals surface area contributed by atoms with Crippen LogP contribution in [0.4, 0.5) is 0 Å². The van der Waals surface area contributed by atoms with E-state index in [1.54, 1.807) is 0 Å². The zero-order valence-corrected chi connectivity index (χ0v) is 10.4. The minimum absolute atomic E-state index is 0.479. The lowest BCUT2D eigenvalue weighted by molar-refractivity contribution is -0.136. The number of carboxylic acids is 1. The molecular weight excluding hydrogens is 249 g/mol. The summed E-state index contributed by atoms with van der Waals surface area (Å²) in [6.07, 6.45) is 0. The molecule has 0 aromatic carbocycles. The molecular formula is C8H17N3O5P+. The number of carbonyl (C=O) groups is 2. The lowest BCUT2D eigenvalue weighted by Gasteiger charge is -2.19. The number of hydrogen-bond donors (Lipinski definition) is 6. The molecule has 0 fully saturated rings. The SMILES string of the molecule is CC(=N)[P+](O)(O)C(CNC(=O)[C@H](C)N)C(=O)O. The molecule has 9 heteroatoms. The first-order valence-corrected chi connectivity index (χ1v) is 6.53. The number of carboxylic acid groups (broad SMARTS) is 1. The van der Waals surface area contributed by atoms with Crippen LogP contribution in [0.2, 0.25) is 0 Å². The predicted octanol–water partition coefficient (Wildman–Crippen LogP) is -1.27. The van der Waals surface area contributed by atoms with Crippen LogP contribution in [-0.2, 0) is 9.59 Å². The van der Waals surface area contributed by atoms with E-state index >= 15 is 0 Å². The molecule has 0 aliphatic rings. The molecule has 98 valence electrons. The van der Waals surface area contributed by atoms with Gasteiger partial charge in [0.15, 0.2) is 0 Å². The standard InChI is InChI=1S/C8H16N3O5P/c1-4(9)7(12)11-3-6(8(13)14)17(15,16)5(2)10/h4,6,10,15-16H,3,9H2,1-2H3,(H-,11,12,13,14)/p+1/t4-,6?/m0/s1. The van der Waals surface area contributed by atoms with E-state index in [0.717, 1.165) is 6.92 Å². The summed E-state index contributed by atoms with van der Waals surface area (Å²) in [6, 6.07) is -0.823. The third kappa shape index (κ3) is 4.35. The predicted molar refractivity (Wildman–Crippen MR) is 62.8 cm³/mol. The van der Waals surface area contributed by atoms with Gasteiger partial charge >= 0.3 is 13.7 Å². The lowest BCUT2D eigenvalue weighted by Crippen LogP contribution is -2.44. The molecule has 1 unspecified atom stereocenters. The van der Waals surface area contributed by atoms with E-state index in [1.807, 2.05) is 0 Å². The van der Waals surface area contributed by atoms with E-state index in [4.69, 9.17) is 16.2 Å². The smallest absolute Gasteiger partial charge is 0.352 e. The van der Waals surface area contributed by atoms with Crippen molar-refractivity contribution < 1.29 is 24.5 Å². The molecule has 0 aliphatic carbocycles. The van der Waals surface area contributed by atoms with Gasteiger partial charge in [-0.2, -0.15) is 0 Å². The van der Waals surface area contributed by atoms with Crippen molar-refractivity contribution in [1.29, 1.82) is 5.41 Å². The van der Waals surface area contributed by atoms with E-state index < -0.39 is 43.3 Å². The summed E-state index contributed by atoms with van der Waals surface area (Å²) in [6.45, 7) is 2.04. The van der Waals surface area contributed by atoms with Crippen LogP contribution in [0.25, 0.3) is 0 Å². The number of rotatable bonds is 6. The van der Waals surface area contributed by atoms with Crippen molar-refractivity contribution in [1.82, 2.24) is 5.32 Å². The molecule has 0 aromatic heterocycles. The highest BCUT2D eigenvalue weighted by molar-refractivity contribution is 7.82. The van der Waals surface area contributed by atoms with Crippen molar-refractivity contribution in [3.63, 3.8) is 0 Å². The minimum Gasteiger partial charge on any atom is -0.478 e. The van der Waals surface area contributed by atoms with E-state index in [2.05, 4.69) is 5.32 Å². The fraction of sp³-hybridized carbons (Fsp3) is 0.625. The Morgan fingerprint density at radius 2 is 1.94 bits per heavy atom. The largest absolute Gasteiger partial charge is 0.478 e. The summed E-state index contributed by atoms with van der Waals surface area (Å²) in [7, 11) is -4.04. The Hall–Kier alpha value is -1.08. The van der Waals surface area contributed by atoms with Gasteiger partial charge in [0.2, 0.25) is 17.0 Å². The van der Waals surface area contributed by atoms with E-state index in [1.165, 1.54) is 6.92 Å². The molecule has 0 heterocycles. The number of carbonyl (C=O) groups excluding carboxylic acids is 1. The molecule has 0 rings (SSSR count). The van der Waals surface area contributed by atoms with E-state index in [-0.39, 0.29) is 0 Å². The summed E-state index contributed by atoms with van der Waals surface area (Å²) < 4.78 is 0. The molecule has 0 spiro atoms. The van der Waals surface area contributed by atoms with Gasteiger partial charge in [0, 0.05) is 6.92 Å². The maximum absolute atomic E-state index is 11.1. The van der Waals surface area contributed by atoms with Crippen LogP contribution in [0.15, 0.2) is 0 Å². The Kier molecular flexibility index (Phi) is 5.63. The van der Waals surface area contributed by atoms with E-state index in [9.17, 15) is 19.4 Å². The highest BCUT2D eigenvalue weighted by Gasteiger charge is 2.52. The molecule has 0 saturated heterocycles. The Morgan fingerprint density at radius 1 is 1.47 bits per heavy atom. The van der Waals surface area contributed by atoms with Crippen molar-refractivity contribution in [3.05, 3.63) is 0 Å². The van der Waals surface area contributed by atoms with Crippen LogP contribution in [0, 0.1) is 5.41 Å². The average Bonchev–Trinajstić information content (AvgIpc) is 2.16. The van der Waals surface area contributed by atoms with Gasteiger partial charge in [0.25, 0.3) is 0 Å². The van der Waals surface area contributed by atoms with Gasteiger partial charge in [-0.05, 0) is 6.92 Å². The maximum atomic E-state index is 11.1. The Labute approximate surface area is 98.8 Å². The normalized spacial score (nSPS) is 14.9. The number of nitrogens with one attached hydrogen (secondary N) is 2. The van der Waals surface area contributed by atoms with Gasteiger partial charge in [-0.1, -0.05) is 0 Å². The van der Waals surface area contributed by atoms with Gasteiger partial charge in [0.1, 0.15) is 0 Å². The zero-order valence-electron chi connectivity index (χ0n) is 9.54. The van der Waals surface area contributed by atoms with Crippen LogP contribution in [0.1, 0.15) is 13.8 Å². The quantitative estimate of drug-likeness (QED) is 0.260. The Balaban J connectivity index is 4.74. The van der Waals surface area contributed by atoms with E-state index in [0.29, 0.717) is 0 Å². The molecule has 17 heavy (non-hydrogen) atoms. The zero-order chi connectivity index (χ0) is 13.8. The first kappa shape index (κ1) is 15.9. The summed E-state index contributed by atoms with van der Waals surface area (Å²) >= 11 is 0. The summed E-state index contributed by atoms with van der Waals surface area (Å²) in [5, 5.41) is 18.2. The molecule has 1 amide bonds. The van der Waals surface area contributed by atoms with Gasteiger partial charge in [-0.25, -0.2) is 14.6 Å². The van der Waals surface area contributed by atoms with Crippen LogP contribution in [-0.4, -0.2) is 50.5 Å². The fourth-order valence-electron chi connectivity index (χ4n) is 0.961. The highest BCUT2D eigenvalue weighted by Crippen LogP contribution is 2.55. The molecule has 0 aliphatic heterocycles. The second-order valence-electron chi connectivity index (χ2n) is 3.62. The van der Waals surface area contributed by atoms with Crippen molar-refractivity contribution in [2.24, 2.45) is 5.73 Å². The first-order valence-electron chi connectivity index (χ1n) is 4.76. The van der Waals surface area contributed by atoms with Gasteiger partial charge in [0.05, 0.1) is 12.6 Å². The van der Waals surface area contributed by atoms with Crippen LogP contribution in [0.3, 0.4) is 0 Å². The second-order valence-corrected chi connectivity index (χ2v) is 6.22. The van der Waals surface area contributed by atoms with Gasteiger partial charge < -0.3 is 16.2 Å². The first-order chi connectivity index (χ1) is 7.60. The van der Waals surface area contributed by atoms with Crippen LogP contribution < -0.4 is 11.1 Å². The third-order valence-corrected chi connectivity index (χ3v) is 4.36. The summed E-state index contributed by atoms with van der Waals surface area (Å²) in [4.78, 5) is 41.1. The second kappa shape index (κ2) is 6.02. The number of nitrogens with two attached hydrogens (primary N) is 1. The molecule has 0 saturated carbocycles. The minimum atomic E-state index is -4.04. The summed E-state index contributed by atoms with van der Waals surface area (Å²) in [5.74, 6) is -2.08. The topological polar surface area (TPSA) is 157 Å². The van der Waals surface area contributed by atoms with Gasteiger partial charge in [-0.15, -0.1) is 0 Å². The van der Waals surface area contributed by atoms with Crippen molar-refractivity contribution in [2.75, 3.05) is 6.54 Å². The highest BCUT2D eigenvalue weighted by atomic mass is 31.2. The molecule has 0 radical (unpaired) electrons. The Morgan fingerprint density at radius 3 is 2.24 bits per heavy atom. The van der Waals surface area contributed by atoms with Crippen LogP contribution >= 0.6 is 7.72 Å². The molecule has 7 N–H and O–H groups in total.